The molecular weight excluding hydrogens is 492 g/mol. The van der Waals surface area contributed by atoms with E-state index in [-0.39, 0.29) is 11.5 Å². The molecule has 5 nitrogen and oxygen atoms in total. The third kappa shape index (κ3) is 5.74. The molecule has 0 radical (unpaired) electrons. The van der Waals surface area contributed by atoms with Crippen LogP contribution in [0.3, 0.4) is 0 Å². The van der Waals surface area contributed by atoms with Crippen molar-refractivity contribution in [3.8, 4) is 28.7 Å². The Labute approximate surface area is 227 Å². The number of methoxy groups -OCH3 is 1. The van der Waals surface area contributed by atoms with Crippen molar-refractivity contribution >= 4 is 17.5 Å². The molecule has 190 valence electrons. The summed E-state index contributed by atoms with van der Waals surface area (Å²) in [6, 6.07) is 27.5. The Hall–Kier alpha value is -4.08. The zero-order valence-electron chi connectivity index (χ0n) is 21.3. The molecule has 1 aromatic heterocycles. The van der Waals surface area contributed by atoms with Crippen LogP contribution >= 0.6 is 11.8 Å². The third-order valence-corrected chi connectivity index (χ3v) is 7.67. The highest BCUT2D eigenvalue weighted by Gasteiger charge is 2.24. The number of hydrogen-bond acceptors (Lipinski definition) is 6. The van der Waals surface area contributed by atoms with Crippen molar-refractivity contribution in [3.63, 3.8) is 0 Å². The molecule has 0 spiro atoms. The van der Waals surface area contributed by atoms with E-state index >= 15 is 0 Å². The fourth-order valence-corrected chi connectivity index (χ4v) is 5.60. The van der Waals surface area contributed by atoms with Gasteiger partial charge < -0.3 is 9.47 Å². The second-order valence-corrected chi connectivity index (χ2v) is 10.1. The highest BCUT2D eigenvalue weighted by atomic mass is 32.2. The predicted molar refractivity (Wildman–Crippen MR) is 150 cm³/mol. The normalized spacial score (nSPS) is 12.3. The number of aromatic nitrogens is 1. The zero-order valence-corrected chi connectivity index (χ0v) is 22.1. The van der Waals surface area contributed by atoms with E-state index in [0.717, 1.165) is 59.4 Å². The van der Waals surface area contributed by atoms with Crippen molar-refractivity contribution in [1.82, 2.24) is 4.98 Å². The van der Waals surface area contributed by atoms with Crippen LogP contribution in [0.5, 0.6) is 11.5 Å². The van der Waals surface area contributed by atoms with Gasteiger partial charge in [-0.3, -0.25) is 4.79 Å². The molecule has 1 aliphatic rings. The first-order chi connectivity index (χ1) is 18.7. The molecule has 0 unspecified atom stereocenters. The molecular formula is C32H28N2O3S. The van der Waals surface area contributed by atoms with Crippen LogP contribution in [0.4, 0.5) is 0 Å². The second-order valence-electron chi connectivity index (χ2n) is 9.15. The third-order valence-electron chi connectivity index (χ3n) is 6.70. The number of nitriles is 1. The first-order valence-electron chi connectivity index (χ1n) is 12.7. The van der Waals surface area contributed by atoms with Gasteiger partial charge in [0.05, 0.1) is 18.4 Å². The number of nitrogens with zero attached hydrogens (tertiary/aromatic N) is 2. The van der Waals surface area contributed by atoms with Crippen molar-refractivity contribution < 1.29 is 14.3 Å². The topological polar surface area (TPSA) is 72.2 Å². The lowest BCUT2D eigenvalue weighted by molar-refractivity contribution is 0.102. The van der Waals surface area contributed by atoms with E-state index in [1.165, 1.54) is 11.8 Å². The summed E-state index contributed by atoms with van der Waals surface area (Å²) < 4.78 is 11.2. The fourth-order valence-electron chi connectivity index (χ4n) is 4.70. The van der Waals surface area contributed by atoms with Crippen molar-refractivity contribution in [2.24, 2.45) is 0 Å². The molecule has 0 N–H and O–H groups in total. The van der Waals surface area contributed by atoms with Crippen molar-refractivity contribution in [1.29, 1.82) is 5.26 Å². The van der Waals surface area contributed by atoms with E-state index in [2.05, 4.69) is 6.07 Å². The number of Topliss-reactive ketones (excluding diaryl/α,β-unsaturated/α-hetero) is 1. The Kier molecular flexibility index (Phi) is 8.06. The van der Waals surface area contributed by atoms with Gasteiger partial charge in [-0.2, -0.15) is 5.26 Å². The maximum Gasteiger partial charge on any atom is 0.173 e. The quantitative estimate of drug-likeness (QED) is 0.174. The minimum absolute atomic E-state index is 0.0115. The van der Waals surface area contributed by atoms with Crippen LogP contribution in [-0.2, 0) is 19.4 Å². The molecule has 3 aromatic carbocycles. The summed E-state index contributed by atoms with van der Waals surface area (Å²) in [6.45, 7) is 0.497. The summed E-state index contributed by atoms with van der Waals surface area (Å²) in [5.74, 6) is 1.68. The van der Waals surface area contributed by atoms with Gasteiger partial charge in [-0.1, -0.05) is 54.2 Å². The van der Waals surface area contributed by atoms with E-state index in [0.29, 0.717) is 28.5 Å². The lowest BCUT2D eigenvalue weighted by atomic mass is 9.87. The van der Waals surface area contributed by atoms with Crippen molar-refractivity contribution in [3.05, 3.63) is 107 Å². The van der Waals surface area contributed by atoms with Gasteiger partial charge in [-0.15, -0.1) is 0 Å². The monoisotopic (exact) mass is 520 g/mol. The number of aryl methyl sites for hydroxylation is 1. The van der Waals surface area contributed by atoms with Gasteiger partial charge in [0, 0.05) is 16.8 Å². The Balaban J connectivity index is 1.40. The number of ketones is 1. The number of carbonyl (C=O) groups is 1. The van der Waals surface area contributed by atoms with Crippen LogP contribution in [0.2, 0.25) is 0 Å². The van der Waals surface area contributed by atoms with Crippen LogP contribution in [0, 0.1) is 11.3 Å². The van der Waals surface area contributed by atoms with E-state index < -0.39 is 0 Å². The van der Waals surface area contributed by atoms with Crippen LogP contribution in [0.1, 0.15) is 45.6 Å². The first kappa shape index (κ1) is 25.6. The Bertz CT molecular complexity index is 1460. The van der Waals surface area contributed by atoms with E-state index in [4.69, 9.17) is 14.5 Å². The average molecular weight is 521 g/mol. The van der Waals surface area contributed by atoms with Gasteiger partial charge in [0.25, 0.3) is 0 Å². The summed E-state index contributed by atoms with van der Waals surface area (Å²) in [6.07, 6.45) is 3.93. The Morgan fingerprint density at radius 3 is 2.37 bits per heavy atom. The Morgan fingerprint density at radius 2 is 1.66 bits per heavy atom. The average Bonchev–Trinajstić information content (AvgIpc) is 2.99. The molecule has 5 rings (SSSR count). The molecule has 0 saturated heterocycles. The molecule has 6 heteroatoms. The van der Waals surface area contributed by atoms with Crippen molar-refractivity contribution in [2.75, 3.05) is 12.9 Å². The second kappa shape index (κ2) is 12.0. The number of ether oxygens (including phenoxy) is 2. The van der Waals surface area contributed by atoms with E-state index in [9.17, 15) is 10.1 Å². The first-order valence-corrected chi connectivity index (χ1v) is 13.7. The molecule has 1 aliphatic carbocycles. The van der Waals surface area contributed by atoms with Crippen LogP contribution < -0.4 is 9.47 Å². The molecule has 0 bridgehead atoms. The number of hydrogen-bond donors (Lipinski definition) is 0. The summed E-state index contributed by atoms with van der Waals surface area (Å²) in [7, 11) is 1.60. The van der Waals surface area contributed by atoms with E-state index in [1.807, 2.05) is 54.6 Å². The molecule has 1 heterocycles. The summed E-state index contributed by atoms with van der Waals surface area (Å²) in [5.41, 5.74) is 6.35. The van der Waals surface area contributed by atoms with Gasteiger partial charge in [0.15, 0.2) is 5.78 Å². The molecule has 0 atom stereocenters. The molecule has 4 aromatic rings. The smallest absolute Gasteiger partial charge is 0.173 e. The number of thioether (sulfide) groups is 1. The summed E-state index contributed by atoms with van der Waals surface area (Å²) in [4.78, 5) is 17.8. The Morgan fingerprint density at radius 1 is 0.947 bits per heavy atom. The minimum Gasteiger partial charge on any atom is -0.497 e. The number of carbonyl (C=O) groups excluding carboxylic acids is 1. The maximum atomic E-state index is 12.9. The number of pyridine rings is 1. The molecule has 0 fully saturated rings. The highest BCUT2D eigenvalue weighted by molar-refractivity contribution is 8.00. The minimum atomic E-state index is -0.0115. The van der Waals surface area contributed by atoms with E-state index in [1.54, 1.807) is 31.4 Å². The largest absolute Gasteiger partial charge is 0.497 e. The number of rotatable bonds is 9. The van der Waals surface area contributed by atoms with Gasteiger partial charge in [0.2, 0.25) is 0 Å². The SMILES string of the molecule is COc1ccc(C(=O)CSc2nc3c(c(-c4ccc(OCc5ccccc5)cc4)c2C#N)CCCC3)cc1. The predicted octanol–water partition coefficient (Wildman–Crippen LogP) is 7.06. The lowest BCUT2D eigenvalue weighted by Crippen LogP contribution is -2.11. The molecule has 38 heavy (non-hydrogen) atoms. The zero-order chi connectivity index (χ0) is 26.3. The summed E-state index contributed by atoms with van der Waals surface area (Å²) in [5, 5.41) is 10.9. The van der Waals surface area contributed by atoms with Gasteiger partial charge in [-0.25, -0.2) is 4.98 Å². The van der Waals surface area contributed by atoms with Crippen LogP contribution in [0.15, 0.2) is 83.9 Å². The molecule has 0 aliphatic heterocycles. The van der Waals surface area contributed by atoms with Crippen LogP contribution in [0.25, 0.3) is 11.1 Å². The van der Waals surface area contributed by atoms with Crippen LogP contribution in [-0.4, -0.2) is 23.6 Å². The molecule has 0 saturated carbocycles. The van der Waals surface area contributed by atoms with Crippen molar-refractivity contribution in [2.45, 2.75) is 37.3 Å². The number of benzene rings is 3. The van der Waals surface area contributed by atoms with Gasteiger partial charge >= 0.3 is 0 Å². The molecule has 0 amide bonds. The highest BCUT2D eigenvalue weighted by Crippen LogP contribution is 2.38. The number of fused-ring (bicyclic) bond motifs is 1. The van der Waals surface area contributed by atoms with Gasteiger partial charge in [-0.05, 0) is 78.8 Å². The van der Waals surface area contributed by atoms with Gasteiger partial charge in [0.1, 0.15) is 29.2 Å². The standard InChI is InChI=1S/C32H28N2O3S/c1-36-25-15-11-23(12-16-25)30(35)21-38-32-28(19-33)31(27-9-5-6-10-29(27)34-32)24-13-17-26(18-14-24)37-20-22-7-3-2-4-8-22/h2-4,7-8,11-18H,5-6,9-10,20-21H2,1H3. The fraction of sp³-hybridized carbons (Fsp3) is 0.219. The summed E-state index contributed by atoms with van der Waals surface area (Å²) >= 11 is 1.34. The lowest BCUT2D eigenvalue weighted by Gasteiger charge is -2.22. The maximum absolute atomic E-state index is 12.9.